The summed E-state index contributed by atoms with van der Waals surface area (Å²) in [4.78, 5) is 0. The van der Waals surface area contributed by atoms with E-state index in [9.17, 15) is 13.9 Å². The van der Waals surface area contributed by atoms with Crippen molar-refractivity contribution in [1.82, 2.24) is 0 Å². The lowest BCUT2D eigenvalue weighted by Crippen LogP contribution is -2.02. The molecule has 1 N–H and O–H groups in total. The average molecular weight is 329 g/mol. The van der Waals surface area contributed by atoms with Crippen LogP contribution in [0.3, 0.4) is 0 Å². The monoisotopic (exact) mass is 328 g/mol. The summed E-state index contributed by atoms with van der Waals surface area (Å²) >= 11 is 3.23. The first-order valence-corrected chi connectivity index (χ1v) is 6.28. The molecule has 100 valence electrons. The van der Waals surface area contributed by atoms with Crippen molar-refractivity contribution in [1.29, 1.82) is 0 Å². The van der Waals surface area contributed by atoms with E-state index in [2.05, 4.69) is 15.9 Å². The number of rotatable bonds is 3. The van der Waals surface area contributed by atoms with E-state index in [-0.39, 0.29) is 5.75 Å². The topological polar surface area (TPSA) is 29.5 Å². The second-order valence-corrected chi connectivity index (χ2v) is 4.82. The Balaban J connectivity index is 2.41. The molecule has 19 heavy (non-hydrogen) atoms. The summed E-state index contributed by atoms with van der Waals surface area (Å²) in [5, 5.41) is 10.2. The number of methoxy groups -OCH3 is 1. The Morgan fingerprint density at radius 3 is 2.53 bits per heavy atom. The Morgan fingerprint density at radius 2 is 1.89 bits per heavy atom. The van der Waals surface area contributed by atoms with Gasteiger partial charge in [-0.25, -0.2) is 8.78 Å². The molecule has 0 bridgehead atoms. The molecule has 5 heteroatoms. The van der Waals surface area contributed by atoms with Gasteiger partial charge in [-0.3, -0.25) is 0 Å². The van der Waals surface area contributed by atoms with E-state index < -0.39 is 17.7 Å². The summed E-state index contributed by atoms with van der Waals surface area (Å²) < 4.78 is 32.1. The van der Waals surface area contributed by atoms with E-state index in [1.54, 1.807) is 0 Å². The highest BCUT2D eigenvalue weighted by atomic mass is 79.9. The number of halogens is 3. The molecule has 0 spiro atoms. The molecule has 1 unspecified atom stereocenters. The molecule has 2 aromatic carbocycles. The third-order valence-corrected chi connectivity index (χ3v) is 3.47. The van der Waals surface area contributed by atoms with Crippen molar-refractivity contribution in [3.63, 3.8) is 0 Å². The second-order valence-electron chi connectivity index (χ2n) is 3.96. The molecule has 0 aromatic heterocycles. The molecule has 0 aliphatic carbocycles. The maximum Gasteiger partial charge on any atom is 0.165 e. The van der Waals surface area contributed by atoms with Gasteiger partial charge in [-0.05, 0) is 35.9 Å². The van der Waals surface area contributed by atoms with Crippen LogP contribution in [0.5, 0.6) is 5.75 Å². The normalized spacial score (nSPS) is 12.3. The van der Waals surface area contributed by atoms with Gasteiger partial charge in [-0.1, -0.05) is 22.0 Å². The number of aliphatic hydroxyl groups is 1. The van der Waals surface area contributed by atoms with Crippen LogP contribution in [0.2, 0.25) is 0 Å². The molecule has 2 aromatic rings. The standard InChI is InChI=1S/C14H11BrF2O2/c1-19-13-5-2-8(6-12(13)17)14(18)10-7-9(16)3-4-11(10)15/h2-7,14,18H,1H3. The average Bonchev–Trinajstić information content (AvgIpc) is 2.40. The summed E-state index contributed by atoms with van der Waals surface area (Å²) in [5.41, 5.74) is 0.661. The zero-order valence-electron chi connectivity index (χ0n) is 10.0. The van der Waals surface area contributed by atoms with Crippen LogP contribution in [0.25, 0.3) is 0 Å². The van der Waals surface area contributed by atoms with Crippen molar-refractivity contribution >= 4 is 15.9 Å². The van der Waals surface area contributed by atoms with Crippen molar-refractivity contribution in [3.8, 4) is 5.75 Å². The zero-order valence-corrected chi connectivity index (χ0v) is 11.6. The van der Waals surface area contributed by atoms with Crippen molar-refractivity contribution in [3.05, 3.63) is 63.6 Å². The van der Waals surface area contributed by atoms with Gasteiger partial charge in [0.25, 0.3) is 0 Å². The number of ether oxygens (including phenoxy) is 1. The molecule has 0 amide bonds. The molecule has 2 rings (SSSR count). The molecule has 0 heterocycles. The quantitative estimate of drug-likeness (QED) is 0.928. The maximum absolute atomic E-state index is 13.6. The highest BCUT2D eigenvalue weighted by molar-refractivity contribution is 9.10. The van der Waals surface area contributed by atoms with Crippen LogP contribution in [-0.4, -0.2) is 12.2 Å². The van der Waals surface area contributed by atoms with E-state index in [0.29, 0.717) is 15.6 Å². The molecule has 2 nitrogen and oxygen atoms in total. The summed E-state index contributed by atoms with van der Waals surface area (Å²) in [6, 6.07) is 8.09. The number of hydrogen-bond acceptors (Lipinski definition) is 2. The molecule has 1 atom stereocenters. The van der Waals surface area contributed by atoms with E-state index in [4.69, 9.17) is 4.74 Å². The molecule has 0 fully saturated rings. The van der Waals surface area contributed by atoms with Crippen LogP contribution in [0.4, 0.5) is 8.78 Å². The van der Waals surface area contributed by atoms with Crippen LogP contribution < -0.4 is 4.74 Å². The van der Waals surface area contributed by atoms with Crippen molar-refractivity contribution in [2.75, 3.05) is 7.11 Å². The van der Waals surface area contributed by atoms with Crippen LogP contribution in [-0.2, 0) is 0 Å². The van der Waals surface area contributed by atoms with E-state index in [1.807, 2.05) is 0 Å². The first kappa shape index (κ1) is 14.0. The smallest absolute Gasteiger partial charge is 0.165 e. The fourth-order valence-electron chi connectivity index (χ4n) is 1.76. The SMILES string of the molecule is COc1ccc(C(O)c2cc(F)ccc2Br)cc1F. The molecular formula is C14H11BrF2O2. The van der Waals surface area contributed by atoms with E-state index in [0.717, 1.165) is 0 Å². The summed E-state index contributed by atoms with van der Waals surface area (Å²) in [5.74, 6) is -0.952. The molecule has 0 saturated carbocycles. The van der Waals surface area contributed by atoms with Crippen LogP contribution in [0.15, 0.2) is 40.9 Å². The Labute approximate surface area is 117 Å². The Hall–Kier alpha value is -1.46. The molecular weight excluding hydrogens is 318 g/mol. The largest absolute Gasteiger partial charge is 0.494 e. The summed E-state index contributed by atoms with van der Waals surface area (Å²) in [6.07, 6.45) is -1.12. The zero-order chi connectivity index (χ0) is 14.0. The third-order valence-electron chi connectivity index (χ3n) is 2.74. The number of aliphatic hydroxyl groups excluding tert-OH is 1. The van der Waals surface area contributed by atoms with Crippen LogP contribution in [0.1, 0.15) is 17.2 Å². The maximum atomic E-state index is 13.6. The highest BCUT2D eigenvalue weighted by Crippen LogP contribution is 2.31. The van der Waals surface area contributed by atoms with Crippen molar-refractivity contribution < 1.29 is 18.6 Å². The Morgan fingerprint density at radius 1 is 1.16 bits per heavy atom. The van der Waals surface area contributed by atoms with Gasteiger partial charge in [-0.15, -0.1) is 0 Å². The molecule has 0 aliphatic heterocycles. The van der Waals surface area contributed by atoms with Gasteiger partial charge < -0.3 is 9.84 Å². The first-order chi connectivity index (χ1) is 9.02. The minimum Gasteiger partial charge on any atom is -0.494 e. The van der Waals surface area contributed by atoms with Crippen LogP contribution in [0, 0.1) is 11.6 Å². The Kier molecular flexibility index (Phi) is 4.17. The van der Waals surface area contributed by atoms with Gasteiger partial charge >= 0.3 is 0 Å². The van der Waals surface area contributed by atoms with Crippen molar-refractivity contribution in [2.24, 2.45) is 0 Å². The fraction of sp³-hybridized carbons (Fsp3) is 0.143. The predicted molar refractivity (Wildman–Crippen MR) is 71.1 cm³/mol. The second kappa shape index (κ2) is 5.67. The third kappa shape index (κ3) is 2.93. The number of benzene rings is 2. The number of hydrogen-bond donors (Lipinski definition) is 1. The molecule has 0 radical (unpaired) electrons. The van der Waals surface area contributed by atoms with E-state index >= 15 is 0 Å². The van der Waals surface area contributed by atoms with Crippen molar-refractivity contribution in [2.45, 2.75) is 6.10 Å². The minimum atomic E-state index is -1.12. The predicted octanol–water partition coefficient (Wildman–Crippen LogP) is 3.82. The summed E-state index contributed by atoms with van der Waals surface area (Å²) in [6.45, 7) is 0. The molecule has 0 saturated heterocycles. The van der Waals surface area contributed by atoms with Crippen LogP contribution >= 0.6 is 15.9 Å². The lowest BCUT2D eigenvalue weighted by Gasteiger charge is -2.14. The first-order valence-electron chi connectivity index (χ1n) is 5.49. The lowest BCUT2D eigenvalue weighted by atomic mass is 10.0. The van der Waals surface area contributed by atoms with Gasteiger partial charge in [-0.2, -0.15) is 0 Å². The van der Waals surface area contributed by atoms with E-state index in [1.165, 1.54) is 43.5 Å². The molecule has 0 aliphatic rings. The van der Waals surface area contributed by atoms with Gasteiger partial charge in [0.05, 0.1) is 7.11 Å². The lowest BCUT2D eigenvalue weighted by molar-refractivity contribution is 0.218. The Bertz CT molecular complexity index is 602. The fourth-order valence-corrected chi connectivity index (χ4v) is 2.22. The van der Waals surface area contributed by atoms with Gasteiger partial charge in [0, 0.05) is 10.0 Å². The minimum absolute atomic E-state index is 0.0919. The highest BCUT2D eigenvalue weighted by Gasteiger charge is 2.16. The van der Waals surface area contributed by atoms with Gasteiger partial charge in [0.2, 0.25) is 0 Å². The van der Waals surface area contributed by atoms with Gasteiger partial charge in [0.1, 0.15) is 11.9 Å². The van der Waals surface area contributed by atoms with Gasteiger partial charge in [0.15, 0.2) is 11.6 Å². The summed E-state index contributed by atoms with van der Waals surface area (Å²) in [7, 11) is 1.36.